The molecule has 3 rings (SSSR count). The molecule has 0 aliphatic heterocycles. The van der Waals surface area contributed by atoms with E-state index in [4.69, 9.17) is 0 Å². The first kappa shape index (κ1) is 18.9. The van der Waals surface area contributed by atoms with E-state index in [1.54, 1.807) is 12.2 Å². The Hall–Kier alpha value is -3.92. The third-order valence-corrected chi connectivity index (χ3v) is 4.10. The fourth-order valence-corrected chi connectivity index (χ4v) is 2.62. The molecule has 0 unspecified atom stereocenters. The average molecular weight is 370 g/mol. The number of benzene rings is 3. The van der Waals surface area contributed by atoms with Gasteiger partial charge >= 0.3 is 0 Å². The fourth-order valence-electron chi connectivity index (χ4n) is 2.62. The van der Waals surface area contributed by atoms with E-state index in [-0.39, 0.29) is 22.6 Å². The molecule has 4 heteroatoms. The summed E-state index contributed by atoms with van der Waals surface area (Å²) in [5.41, 5.74) is 1.55. The molecular weight excluding hydrogens is 352 g/mol. The van der Waals surface area contributed by atoms with Crippen molar-refractivity contribution in [3.05, 3.63) is 107 Å². The van der Waals surface area contributed by atoms with E-state index >= 15 is 0 Å². The third kappa shape index (κ3) is 4.62. The first-order valence-corrected chi connectivity index (χ1v) is 8.65. The number of phenols is 2. The highest BCUT2D eigenvalue weighted by Crippen LogP contribution is 2.29. The Labute approximate surface area is 162 Å². The molecule has 0 saturated carbocycles. The number of allylic oxidation sites excluding steroid dienone is 2. The molecule has 0 aromatic heterocycles. The molecule has 0 atom stereocenters. The van der Waals surface area contributed by atoms with E-state index in [9.17, 15) is 19.8 Å². The molecule has 0 spiro atoms. The topological polar surface area (TPSA) is 74.6 Å². The van der Waals surface area contributed by atoms with Gasteiger partial charge in [0, 0.05) is 6.07 Å². The van der Waals surface area contributed by atoms with Gasteiger partial charge in [0.25, 0.3) is 0 Å². The average Bonchev–Trinajstić information content (AvgIpc) is 2.72. The van der Waals surface area contributed by atoms with Crippen LogP contribution < -0.4 is 0 Å². The second kappa shape index (κ2) is 8.64. The molecule has 0 saturated heterocycles. The Bertz CT molecular complexity index is 966. The maximum atomic E-state index is 12.4. The number of hydrogen-bond acceptors (Lipinski definition) is 4. The second-order valence-electron chi connectivity index (χ2n) is 6.10. The summed E-state index contributed by atoms with van der Waals surface area (Å²) >= 11 is 0. The molecule has 0 fully saturated rings. The van der Waals surface area contributed by atoms with E-state index in [1.807, 2.05) is 60.7 Å². The third-order valence-electron chi connectivity index (χ3n) is 4.10. The summed E-state index contributed by atoms with van der Waals surface area (Å²) < 4.78 is 0. The van der Waals surface area contributed by atoms with Gasteiger partial charge < -0.3 is 10.2 Å². The monoisotopic (exact) mass is 370 g/mol. The van der Waals surface area contributed by atoms with Crippen molar-refractivity contribution in [2.45, 2.75) is 0 Å². The van der Waals surface area contributed by atoms with Crippen molar-refractivity contribution in [3.8, 4) is 11.5 Å². The number of ketones is 2. The maximum Gasteiger partial charge on any atom is 0.189 e. The van der Waals surface area contributed by atoms with Crippen molar-refractivity contribution >= 4 is 23.7 Å². The van der Waals surface area contributed by atoms with Crippen molar-refractivity contribution < 1.29 is 19.8 Å². The first-order chi connectivity index (χ1) is 13.5. The highest BCUT2D eigenvalue weighted by atomic mass is 16.3. The van der Waals surface area contributed by atoms with Crippen LogP contribution in [-0.4, -0.2) is 21.8 Å². The van der Waals surface area contributed by atoms with Crippen LogP contribution >= 0.6 is 0 Å². The zero-order valence-corrected chi connectivity index (χ0v) is 14.9. The Morgan fingerprint density at radius 3 is 1.39 bits per heavy atom. The fraction of sp³-hybridized carbons (Fsp3) is 0. The molecule has 3 aromatic rings. The summed E-state index contributed by atoms with van der Waals surface area (Å²) in [5.74, 6) is -1.71. The van der Waals surface area contributed by atoms with Crippen LogP contribution in [0.3, 0.4) is 0 Å². The van der Waals surface area contributed by atoms with Gasteiger partial charge in [0.15, 0.2) is 11.6 Å². The van der Waals surface area contributed by atoms with Crippen LogP contribution in [0.5, 0.6) is 11.5 Å². The number of rotatable bonds is 6. The van der Waals surface area contributed by atoms with Crippen molar-refractivity contribution in [3.63, 3.8) is 0 Å². The van der Waals surface area contributed by atoms with Crippen molar-refractivity contribution in [1.29, 1.82) is 0 Å². The second-order valence-corrected chi connectivity index (χ2v) is 6.10. The molecule has 28 heavy (non-hydrogen) atoms. The van der Waals surface area contributed by atoms with Gasteiger partial charge in [0.2, 0.25) is 0 Å². The van der Waals surface area contributed by atoms with Crippen LogP contribution in [0.15, 0.2) is 84.9 Å². The van der Waals surface area contributed by atoms with Gasteiger partial charge in [-0.05, 0) is 29.3 Å². The van der Waals surface area contributed by atoms with Gasteiger partial charge in [-0.2, -0.15) is 0 Å². The van der Waals surface area contributed by atoms with Crippen LogP contribution in [0.1, 0.15) is 31.8 Å². The van der Waals surface area contributed by atoms with E-state index < -0.39 is 11.6 Å². The van der Waals surface area contributed by atoms with Crippen LogP contribution in [0.2, 0.25) is 0 Å². The van der Waals surface area contributed by atoms with Crippen molar-refractivity contribution in [1.82, 2.24) is 0 Å². The summed E-state index contributed by atoms with van der Waals surface area (Å²) in [6, 6.07) is 20.7. The predicted octanol–water partition coefficient (Wildman–Crippen LogP) is 4.89. The summed E-state index contributed by atoms with van der Waals surface area (Å²) in [6.07, 6.45) is 5.86. The Morgan fingerprint density at radius 1 is 0.607 bits per heavy atom. The Morgan fingerprint density at radius 2 is 1.00 bits per heavy atom. The standard InChI is InChI=1S/C24H18O4/c25-21(13-11-17-7-3-1-4-8-17)19-15-20(24(28)16-23(19)27)22(26)14-12-18-9-5-2-6-10-18/h1-16,27-28H. The Kier molecular flexibility index (Phi) is 5.82. The molecule has 0 bridgehead atoms. The molecule has 0 radical (unpaired) electrons. The summed E-state index contributed by atoms with van der Waals surface area (Å²) in [6.45, 7) is 0. The van der Waals surface area contributed by atoms with Gasteiger partial charge in [-0.3, -0.25) is 9.59 Å². The van der Waals surface area contributed by atoms with E-state index in [0.29, 0.717) is 0 Å². The van der Waals surface area contributed by atoms with Crippen LogP contribution in [0.4, 0.5) is 0 Å². The molecule has 0 amide bonds. The minimum atomic E-state index is -0.470. The van der Waals surface area contributed by atoms with Gasteiger partial charge in [-0.15, -0.1) is 0 Å². The number of aromatic hydroxyl groups is 2. The van der Waals surface area contributed by atoms with E-state index in [2.05, 4.69) is 0 Å². The number of hydrogen-bond donors (Lipinski definition) is 2. The highest BCUT2D eigenvalue weighted by molar-refractivity contribution is 6.13. The molecule has 3 aromatic carbocycles. The number of carbonyl (C=O) groups excluding carboxylic acids is 2. The van der Waals surface area contributed by atoms with Crippen LogP contribution in [0.25, 0.3) is 12.2 Å². The largest absolute Gasteiger partial charge is 0.507 e. The lowest BCUT2D eigenvalue weighted by Gasteiger charge is -2.06. The molecule has 4 nitrogen and oxygen atoms in total. The van der Waals surface area contributed by atoms with Crippen molar-refractivity contribution in [2.75, 3.05) is 0 Å². The van der Waals surface area contributed by atoms with Gasteiger partial charge in [-0.1, -0.05) is 72.8 Å². The van der Waals surface area contributed by atoms with Crippen LogP contribution in [0, 0.1) is 0 Å². The van der Waals surface area contributed by atoms with E-state index in [1.165, 1.54) is 18.2 Å². The maximum absolute atomic E-state index is 12.4. The lowest BCUT2D eigenvalue weighted by Crippen LogP contribution is -2.01. The van der Waals surface area contributed by atoms with E-state index in [0.717, 1.165) is 17.2 Å². The molecule has 0 heterocycles. The molecule has 0 aliphatic rings. The molecule has 0 aliphatic carbocycles. The number of carbonyl (C=O) groups is 2. The first-order valence-electron chi connectivity index (χ1n) is 8.65. The minimum absolute atomic E-state index is 0.0542. The van der Waals surface area contributed by atoms with Gasteiger partial charge in [0.05, 0.1) is 11.1 Å². The van der Waals surface area contributed by atoms with Crippen molar-refractivity contribution in [2.24, 2.45) is 0 Å². The normalized spacial score (nSPS) is 11.1. The molecule has 138 valence electrons. The van der Waals surface area contributed by atoms with Gasteiger partial charge in [-0.25, -0.2) is 0 Å². The molecule has 2 N–H and O–H groups in total. The van der Waals surface area contributed by atoms with Gasteiger partial charge in [0.1, 0.15) is 11.5 Å². The SMILES string of the molecule is O=C(C=Cc1ccccc1)c1cc(C(=O)C=Cc2ccccc2)c(O)cc1O. The summed E-state index contributed by atoms with van der Waals surface area (Å²) in [5, 5.41) is 20.1. The predicted molar refractivity (Wildman–Crippen MR) is 109 cm³/mol. The minimum Gasteiger partial charge on any atom is -0.507 e. The summed E-state index contributed by atoms with van der Waals surface area (Å²) in [4.78, 5) is 24.9. The Balaban J connectivity index is 1.85. The number of phenolic OH excluding ortho intramolecular Hbond substituents is 2. The lowest BCUT2D eigenvalue weighted by molar-refractivity contribution is 0.104. The smallest absolute Gasteiger partial charge is 0.189 e. The lowest BCUT2D eigenvalue weighted by atomic mass is 10.0. The quantitative estimate of drug-likeness (QED) is 0.478. The zero-order valence-electron chi connectivity index (χ0n) is 14.9. The van der Waals surface area contributed by atoms with Crippen LogP contribution in [-0.2, 0) is 0 Å². The highest BCUT2D eigenvalue weighted by Gasteiger charge is 2.16. The zero-order chi connectivity index (χ0) is 19.9. The molecular formula is C24H18O4. The summed E-state index contributed by atoms with van der Waals surface area (Å²) in [7, 11) is 0.